The highest BCUT2D eigenvalue weighted by Gasteiger charge is 2.17. The molecule has 7 nitrogen and oxygen atoms in total. The van der Waals surface area contributed by atoms with E-state index in [2.05, 4.69) is 4.98 Å². The van der Waals surface area contributed by atoms with E-state index in [4.69, 9.17) is 4.74 Å². The van der Waals surface area contributed by atoms with Crippen LogP contribution in [0.25, 0.3) is 11.2 Å². The van der Waals surface area contributed by atoms with Gasteiger partial charge in [0.25, 0.3) is 5.56 Å². The monoisotopic (exact) mass is 238 g/mol. The molecule has 0 N–H and O–H groups in total. The Morgan fingerprint density at radius 3 is 2.59 bits per heavy atom. The van der Waals surface area contributed by atoms with Crippen LogP contribution in [0.1, 0.15) is 13.2 Å². The van der Waals surface area contributed by atoms with Gasteiger partial charge in [0.15, 0.2) is 11.2 Å². The normalized spacial score (nSPS) is 13.2. The second kappa shape index (κ2) is 3.85. The maximum atomic E-state index is 12.2. The van der Waals surface area contributed by atoms with Gasteiger partial charge in [0.2, 0.25) is 0 Å². The minimum absolute atomic E-state index is 0.377. The van der Waals surface area contributed by atoms with Crippen LogP contribution in [0.4, 0.5) is 0 Å². The number of methoxy groups -OCH3 is 1. The molecule has 0 aliphatic carbocycles. The summed E-state index contributed by atoms with van der Waals surface area (Å²) in [5.41, 5.74) is -0.0638. The largest absolute Gasteiger partial charge is 0.361 e. The first-order valence-electron chi connectivity index (χ1n) is 5.14. The zero-order valence-corrected chi connectivity index (χ0v) is 10.2. The Hall–Kier alpha value is -1.89. The Balaban J connectivity index is 3.00. The minimum atomic E-state index is -0.611. The molecule has 2 aromatic rings. The van der Waals surface area contributed by atoms with Crippen LogP contribution >= 0.6 is 0 Å². The fourth-order valence-corrected chi connectivity index (χ4v) is 1.79. The van der Waals surface area contributed by atoms with E-state index in [-0.39, 0.29) is 0 Å². The topological polar surface area (TPSA) is 71.1 Å². The van der Waals surface area contributed by atoms with Gasteiger partial charge in [-0.15, -0.1) is 0 Å². The third-order valence-corrected chi connectivity index (χ3v) is 2.85. The van der Waals surface area contributed by atoms with Crippen molar-refractivity contribution >= 4 is 11.2 Å². The number of hydrogen-bond acceptors (Lipinski definition) is 4. The number of fused-ring (bicyclic) bond motifs is 1. The molecule has 0 radical (unpaired) electrons. The van der Waals surface area contributed by atoms with Crippen LogP contribution in [0.2, 0.25) is 0 Å². The van der Waals surface area contributed by atoms with E-state index in [1.54, 1.807) is 25.6 Å². The predicted molar refractivity (Wildman–Crippen MR) is 61.9 cm³/mol. The summed E-state index contributed by atoms with van der Waals surface area (Å²) in [6, 6.07) is 0. The van der Waals surface area contributed by atoms with Gasteiger partial charge >= 0.3 is 5.69 Å². The lowest BCUT2D eigenvalue weighted by atomic mass is 10.4. The van der Waals surface area contributed by atoms with Gasteiger partial charge in [-0.05, 0) is 6.92 Å². The maximum Gasteiger partial charge on any atom is 0.334 e. The molecular formula is C10H14N4O3. The van der Waals surface area contributed by atoms with Crippen molar-refractivity contribution in [2.45, 2.75) is 13.2 Å². The lowest BCUT2D eigenvalue weighted by molar-refractivity contribution is 0.0533. The Morgan fingerprint density at radius 2 is 2.00 bits per heavy atom. The smallest absolute Gasteiger partial charge is 0.334 e. The molecule has 1 atom stereocenters. The number of aryl methyl sites for hydroxylation is 2. The van der Waals surface area contributed by atoms with Crippen molar-refractivity contribution in [2.75, 3.05) is 7.11 Å². The quantitative estimate of drug-likeness (QED) is 0.713. The Kier molecular flexibility index (Phi) is 2.62. The van der Waals surface area contributed by atoms with Gasteiger partial charge in [0.1, 0.15) is 6.23 Å². The van der Waals surface area contributed by atoms with Crippen molar-refractivity contribution in [1.29, 1.82) is 0 Å². The van der Waals surface area contributed by atoms with Crippen molar-refractivity contribution in [3.63, 3.8) is 0 Å². The molecule has 2 heterocycles. The summed E-state index contributed by atoms with van der Waals surface area (Å²) in [6.07, 6.45) is 0.897. The van der Waals surface area contributed by atoms with Gasteiger partial charge in [-0.1, -0.05) is 0 Å². The summed E-state index contributed by atoms with van der Waals surface area (Å²) in [4.78, 5) is 28.2. The molecule has 0 aliphatic rings. The zero-order chi connectivity index (χ0) is 12.7. The second-order valence-corrected chi connectivity index (χ2v) is 3.88. The van der Waals surface area contributed by atoms with E-state index in [1.165, 1.54) is 18.0 Å². The fourth-order valence-electron chi connectivity index (χ4n) is 1.79. The molecule has 0 fully saturated rings. The number of aromatic nitrogens is 4. The van der Waals surface area contributed by atoms with Crippen molar-refractivity contribution in [1.82, 2.24) is 18.7 Å². The van der Waals surface area contributed by atoms with Crippen LogP contribution in [0.3, 0.4) is 0 Å². The molecule has 2 aromatic heterocycles. The van der Waals surface area contributed by atoms with E-state index < -0.39 is 17.5 Å². The first-order chi connectivity index (χ1) is 7.99. The minimum Gasteiger partial charge on any atom is -0.361 e. The summed E-state index contributed by atoms with van der Waals surface area (Å²) in [5, 5.41) is 0. The number of nitrogens with zero attached hydrogens (tertiary/aromatic N) is 4. The van der Waals surface area contributed by atoms with E-state index in [9.17, 15) is 9.59 Å². The van der Waals surface area contributed by atoms with E-state index in [1.807, 2.05) is 0 Å². The summed E-state index contributed by atoms with van der Waals surface area (Å²) < 4.78 is 9.04. The molecule has 7 heteroatoms. The number of imidazole rings is 1. The molecule has 0 amide bonds. The molecule has 92 valence electrons. The van der Waals surface area contributed by atoms with Gasteiger partial charge in [-0.2, -0.15) is 0 Å². The van der Waals surface area contributed by atoms with Gasteiger partial charge in [-0.25, -0.2) is 14.3 Å². The van der Waals surface area contributed by atoms with Crippen LogP contribution in [0.15, 0.2) is 15.9 Å². The highest BCUT2D eigenvalue weighted by Crippen LogP contribution is 2.06. The number of rotatable bonds is 2. The molecular weight excluding hydrogens is 224 g/mol. The van der Waals surface area contributed by atoms with Gasteiger partial charge in [0, 0.05) is 21.2 Å². The molecule has 2 rings (SSSR count). The number of ether oxygens (including phenoxy) is 1. The summed E-state index contributed by atoms with van der Waals surface area (Å²) in [6.45, 7) is 1.64. The maximum absolute atomic E-state index is 12.2. The zero-order valence-electron chi connectivity index (χ0n) is 10.2. The molecule has 1 unspecified atom stereocenters. The van der Waals surface area contributed by atoms with Gasteiger partial charge in [-0.3, -0.25) is 9.36 Å². The SMILES string of the molecule is COC(C)n1c(=O)c2c(ncn2C)n(C)c1=O. The molecule has 0 aromatic carbocycles. The van der Waals surface area contributed by atoms with E-state index in [0.717, 1.165) is 4.57 Å². The molecule has 0 saturated carbocycles. The fraction of sp³-hybridized carbons (Fsp3) is 0.500. The first kappa shape index (κ1) is 11.6. The average Bonchev–Trinajstić information content (AvgIpc) is 2.68. The molecule has 0 saturated heterocycles. The van der Waals surface area contributed by atoms with Crippen LogP contribution in [0, 0.1) is 0 Å². The third kappa shape index (κ3) is 1.50. The number of hydrogen-bond donors (Lipinski definition) is 0. The van der Waals surface area contributed by atoms with Crippen LogP contribution in [0.5, 0.6) is 0 Å². The summed E-state index contributed by atoms with van der Waals surface area (Å²) >= 11 is 0. The van der Waals surface area contributed by atoms with Gasteiger partial charge in [0.05, 0.1) is 6.33 Å². The highest BCUT2D eigenvalue weighted by atomic mass is 16.5. The molecule has 0 bridgehead atoms. The molecule has 0 spiro atoms. The Bertz CT molecular complexity index is 679. The van der Waals surface area contributed by atoms with E-state index >= 15 is 0 Å². The highest BCUT2D eigenvalue weighted by molar-refractivity contribution is 5.69. The van der Waals surface area contributed by atoms with Crippen molar-refractivity contribution in [3.8, 4) is 0 Å². The van der Waals surface area contributed by atoms with E-state index in [0.29, 0.717) is 11.2 Å². The predicted octanol–water partition coefficient (Wildman–Crippen LogP) is -0.401. The van der Waals surface area contributed by atoms with Gasteiger partial charge < -0.3 is 9.30 Å². The summed E-state index contributed by atoms with van der Waals surface area (Å²) in [5.74, 6) is 0. The van der Waals surface area contributed by atoms with Crippen LogP contribution in [-0.2, 0) is 18.8 Å². The summed E-state index contributed by atoms with van der Waals surface area (Å²) in [7, 11) is 4.74. The van der Waals surface area contributed by atoms with Crippen LogP contribution in [-0.4, -0.2) is 25.8 Å². The van der Waals surface area contributed by atoms with Crippen LogP contribution < -0.4 is 11.2 Å². The lowest BCUT2D eigenvalue weighted by Gasteiger charge is -2.13. The third-order valence-electron chi connectivity index (χ3n) is 2.85. The Labute approximate surface area is 96.9 Å². The molecule has 17 heavy (non-hydrogen) atoms. The second-order valence-electron chi connectivity index (χ2n) is 3.88. The van der Waals surface area contributed by atoms with Crippen molar-refractivity contribution in [3.05, 3.63) is 27.2 Å². The lowest BCUT2D eigenvalue weighted by Crippen LogP contribution is -2.41. The molecule has 0 aliphatic heterocycles. The van der Waals surface area contributed by atoms with Crippen molar-refractivity contribution in [2.24, 2.45) is 14.1 Å². The standard InChI is InChI=1S/C10H14N4O3/c1-6(17-4)14-9(15)7-8(11-5-12(7)2)13(3)10(14)16/h5-6H,1-4H3. The van der Waals surface area contributed by atoms with Crippen molar-refractivity contribution < 1.29 is 4.74 Å². The first-order valence-corrected chi connectivity index (χ1v) is 5.14. The average molecular weight is 238 g/mol. The Morgan fingerprint density at radius 1 is 1.35 bits per heavy atom.